The molecular formula is C71H89Cl6F4N13O13S2. The predicted octanol–water partition coefficient (Wildman–Crippen LogP) is 11.5. The minimum Gasteiger partial charge on any atom is -1.00 e. The van der Waals surface area contributed by atoms with Crippen LogP contribution in [0.2, 0.25) is 0 Å². The number of carbonyl (C=O) groups excluding carboxylic acids is 9. The third-order valence-electron chi connectivity index (χ3n) is 16.1. The molecular weight excluding hydrogens is 1600 g/mol. The summed E-state index contributed by atoms with van der Waals surface area (Å²) in [6.07, 6.45) is 20.2. The first-order chi connectivity index (χ1) is 51.3. The van der Waals surface area contributed by atoms with Crippen LogP contribution < -0.4 is 38.6 Å². The Balaban J connectivity index is 0. The summed E-state index contributed by atoms with van der Waals surface area (Å²) in [4.78, 5) is 94.0. The highest BCUT2D eigenvalue weighted by Gasteiger charge is 2.34. The number of pyridine rings is 2. The average molecular weight is 1690 g/mol. The Bertz CT molecular complexity index is 4420. The van der Waals surface area contributed by atoms with E-state index in [4.69, 9.17) is 69.7 Å². The number of halogens is 10. The Morgan fingerprint density at radius 1 is 0.606 bits per heavy atom. The van der Waals surface area contributed by atoms with E-state index in [-0.39, 0.29) is 96.6 Å². The van der Waals surface area contributed by atoms with E-state index >= 15 is 0 Å². The van der Waals surface area contributed by atoms with Crippen LogP contribution in [0.25, 0.3) is 17.1 Å². The molecule has 0 bridgehead atoms. The molecule has 8 heterocycles. The molecule has 0 saturated heterocycles. The molecule has 38 heteroatoms. The van der Waals surface area contributed by atoms with Crippen molar-refractivity contribution in [1.82, 2.24) is 44.6 Å². The van der Waals surface area contributed by atoms with Gasteiger partial charge in [-0.15, -0.1) is 23.2 Å². The number of amides is 3. The fraction of sp³-hybridized carbons (Fsp3) is 0.394. The average Bonchev–Trinajstić information content (AvgIpc) is 1.65. The van der Waals surface area contributed by atoms with Crippen molar-refractivity contribution in [2.45, 2.75) is 128 Å². The van der Waals surface area contributed by atoms with Gasteiger partial charge in [-0.05, 0) is 181 Å². The summed E-state index contributed by atoms with van der Waals surface area (Å²) in [5, 5.41) is 19.6. The number of nitrogens with one attached hydrogen (secondary N) is 2. The van der Waals surface area contributed by atoms with E-state index in [0.29, 0.717) is 36.9 Å². The Morgan fingerprint density at radius 2 is 0.945 bits per heavy atom. The quantitative estimate of drug-likeness (QED) is 0.0371. The SMILES string of the molecule is C.CCC1CNc2cnn(-c3ccc(F)cc3)c2C1.CCC1Cc2c(cnn2-c2ccc(F)cc2)N(C(=O)Cl)C1.CCC[C@H](NC(=O)N1CC(CC)Cc2c1cnn2-c1ccc(F)cc1)c1ccnc(S(C)(=O)=O)c1.CCC[C@H]([NH3+])c1ccnc(S(C)(=O)=O)c1.ClCCl.O=C(Cl)Cl.O=C=O.O=C=O.O=C=O.[2H]CF.[3HH].[Cl-]. The molecule has 0 aliphatic carbocycles. The molecule has 109 heavy (non-hydrogen) atoms. The number of quaternary nitrogens is 1. The van der Waals surface area contributed by atoms with Crippen molar-refractivity contribution in [3.63, 3.8) is 0 Å². The van der Waals surface area contributed by atoms with Crippen molar-refractivity contribution >= 4 is 129 Å². The summed E-state index contributed by atoms with van der Waals surface area (Å²) in [5.41, 5.74) is 13.7. The van der Waals surface area contributed by atoms with Crippen molar-refractivity contribution in [1.29, 1.82) is 0 Å². The van der Waals surface area contributed by atoms with Crippen molar-refractivity contribution in [2.75, 3.05) is 59.8 Å². The largest absolute Gasteiger partial charge is 1.00 e. The molecule has 3 aromatic carbocycles. The fourth-order valence-electron chi connectivity index (χ4n) is 11.0. The second kappa shape index (κ2) is 52.4. The first-order valence-corrected chi connectivity index (χ1v) is 38.6. The number of nitrogens with zero attached hydrogens (tertiary/aromatic N) is 10. The number of anilines is 3. The van der Waals surface area contributed by atoms with Gasteiger partial charge in [-0.2, -0.15) is 44.1 Å². The topological polar surface area (TPSA) is 359 Å². The number of aromatic nitrogens is 8. The summed E-state index contributed by atoms with van der Waals surface area (Å²) < 4.78 is 106. The van der Waals surface area contributed by atoms with Gasteiger partial charge in [-0.1, -0.05) is 74.1 Å². The van der Waals surface area contributed by atoms with Crippen molar-refractivity contribution < 1.29 is 98.5 Å². The Labute approximate surface area is 664 Å². The number of fused-ring (bicyclic) bond motifs is 3. The minimum absolute atomic E-state index is 0. The van der Waals surface area contributed by atoms with E-state index in [1.807, 2.05) is 23.9 Å². The molecule has 598 valence electrons. The second-order valence-corrected chi connectivity index (χ2v) is 29.1. The van der Waals surface area contributed by atoms with E-state index < -0.39 is 36.9 Å². The van der Waals surface area contributed by atoms with Crippen LogP contribution in [-0.4, -0.2) is 135 Å². The first-order valence-electron chi connectivity index (χ1n) is 33.3. The van der Waals surface area contributed by atoms with E-state index in [9.17, 15) is 44.0 Å². The summed E-state index contributed by atoms with van der Waals surface area (Å²) in [6, 6.07) is 24.9. The molecule has 0 radical (unpaired) electrons. The van der Waals surface area contributed by atoms with Gasteiger partial charge in [0.05, 0.1) is 89.7 Å². The Hall–Kier alpha value is -8.74. The molecule has 0 spiro atoms. The molecule has 0 saturated carbocycles. The van der Waals surface area contributed by atoms with Gasteiger partial charge >= 0.3 is 34.6 Å². The van der Waals surface area contributed by atoms with Gasteiger partial charge in [0.15, 0.2) is 29.7 Å². The van der Waals surface area contributed by atoms with Gasteiger partial charge in [0.1, 0.15) is 23.5 Å². The van der Waals surface area contributed by atoms with Gasteiger partial charge in [-0.25, -0.2) is 58.8 Å². The van der Waals surface area contributed by atoms with Crippen LogP contribution in [-0.2, 0) is 67.7 Å². The molecule has 3 amide bonds. The molecule has 3 unspecified atom stereocenters. The Morgan fingerprint density at radius 3 is 1.31 bits per heavy atom. The number of carbonyl (C=O) groups is 3. The van der Waals surface area contributed by atoms with Crippen molar-refractivity contribution in [3.8, 4) is 17.1 Å². The number of sulfone groups is 2. The smallest absolute Gasteiger partial charge is 0.373 e. The molecule has 5 N–H and O–H groups in total. The van der Waals surface area contributed by atoms with E-state index in [2.05, 4.69) is 92.5 Å². The van der Waals surface area contributed by atoms with Crippen molar-refractivity contribution in [3.05, 3.63) is 174 Å². The van der Waals surface area contributed by atoms with Crippen LogP contribution >= 0.6 is 58.0 Å². The number of benzene rings is 3. The number of urea groups is 1. The van der Waals surface area contributed by atoms with Crippen LogP contribution in [0.5, 0.6) is 0 Å². The predicted molar refractivity (Wildman–Crippen MR) is 403 cm³/mol. The molecule has 0 fully saturated rings. The number of alkyl halides is 3. The molecule has 5 aromatic heterocycles. The molecule has 8 aromatic rings. The zero-order valence-corrected chi connectivity index (χ0v) is 65.9. The van der Waals surface area contributed by atoms with Gasteiger partial charge in [0.2, 0.25) is 0 Å². The molecule has 11 rings (SSSR count). The third kappa shape index (κ3) is 32.8. The minimum atomic E-state index is -3.47. The van der Waals surface area contributed by atoms with Crippen molar-refractivity contribution in [2.24, 2.45) is 17.8 Å². The van der Waals surface area contributed by atoms with Gasteiger partial charge in [0, 0.05) is 58.0 Å². The maximum absolute atomic E-state index is 13.5. The second-order valence-electron chi connectivity index (χ2n) is 23.2. The monoisotopic (exact) mass is 1680 g/mol. The summed E-state index contributed by atoms with van der Waals surface area (Å²) in [5.74, 6) is 0.406. The molecule has 3 aliphatic rings. The lowest BCUT2D eigenvalue weighted by Crippen LogP contribution is -3.00. The maximum atomic E-state index is 13.5. The first kappa shape index (κ1) is 98.3. The van der Waals surface area contributed by atoms with Gasteiger partial charge in [0.25, 0.3) is 0 Å². The number of hydrogen-bond acceptors (Lipinski definition) is 19. The zero-order valence-electron chi connectivity index (χ0n) is 60.7. The highest BCUT2D eigenvalue weighted by atomic mass is 35.5. The van der Waals surface area contributed by atoms with Crippen LogP contribution in [0.3, 0.4) is 0 Å². The van der Waals surface area contributed by atoms with E-state index in [0.717, 1.165) is 128 Å². The van der Waals surface area contributed by atoms with Crippen LogP contribution in [0.1, 0.15) is 130 Å². The standard InChI is InChI=1S/C25H30FN5O3S.C15H15ClFN3O.C14H16FN3.C10H16N2O2S.CCl2O.CH2Cl2.CH3F.3CO2.CH4.ClH.H2/c1-4-6-21(18-11-12-27-24(14-18)35(3,33)34)29-25(32)30-16-17(5-2)13-22-23(30)15-28-31(22)20-9-7-19(26)8-10-20;1-2-10-7-13-14(19(9-10)15(16)21)8-18-20(13)12-5-3-11(17)4-6-12;1-2-10-7-14-13(16-8-10)9-17-18(14)12-5-3-11(15)4-6-12;1-3-4-9(11)8-5-6-12-10(7-8)15(2,13)14;2-1(3)4;2-1-3;1-2;3*2-1-3;;;/h7-12,14-15,17,21H,4-6,13,16H2,1-3H3,(H,29,32);3-6,8,10H,2,7,9H2,1H3;3-6,9-10,16H,2,7-8H2,1H3;5-7,9H,3-4,11H2,1-2H3;;1H2;1H3;;;;1H4;2*1H/t17?,21-;;;9-;;;;;;;;;/m0..0........./s1/i;;;;;;1D;;;;;;1+2. The number of rotatable bonds is 15. The van der Waals surface area contributed by atoms with Crippen LogP contribution in [0.15, 0.2) is 138 Å². The van der Waals surface area contributed by atoms with Gasteiger partial charge < -0.3 is 28.8 Å². The lowest BCUT2D eigenvalue weighted by molar-refractivity contribution is -0.428. The highest BCUT2D eigenvalue weighted by Crippen LogP contribution is 2.36. The lowest BCUT2D eigenvalue weighted by atomic mass is 9.94. The third-order valence-corrected chi connectivity index (χ3v) is 18.3. The molecule has 5 atom stereocenters. The molecule has 3 aliphatic heterocycles. The molecule has 26 nitrogen and oxygen atoms in total. The number of hydrogen-bond donors (Lipinski definition) is 3. The highest BCUT2D eigenvalue weighted by molar-refractivity contribution is 7.90. The van der Waals surface area contributed by atoms with Crippen LogP contribution in [0.4, 0.5) is 49.0 Å². The summed E-state index contributed by atoms with van der Waals surface area (Å²) in [6.45, 7) is 12.6. The van der Waals surface area contributed by atoms with E-state index in [1.54, 1.807) is 80.1 Å². The fourth-order valence-corrected chi connectivity index (χ4v) is 12.3. The van der Waals surface area contributed by atoms with E-state index in [1.165, 1.54) is 60.6 Å². The lowest BCUT2D eigenvalue weighted by Gasteiger charge is -2.34. The van der Waals surface area contributed by atoms with Crippen LogP contribution in [0, 0.1) is 35.2 Å². The summed E-state index contributed by atoms with van der Waals surface area (Å²) in [7, 11) is -7.68. The van der Waals surface area contributed by atoms with Gasteiger partial charge in [-0.3, -0.25) is 23.8 Å². The zero-order chi connectivity index (χ0) is 81.3. The normalized spacial score (nSPS) is 14.4. The Kier molecular flexibility index (Phi) is 47.2. The maximum Gasteiger partial charge on any atom is 0.373 e. The summed E-state index contributed by atoms with van der Waals surface area (Å²) >= 11 is 24.0.